The molecule has 120 valence electrons. The van der Waals surface area contributed by atoms with Crippen LogP contribution in [0.25, 0.3) is 11.0 Å². The number of nitrogens with one attached hydrogen (secondary N) is 1. The van der Waals surface area contributed by atoms with Gasteiger partial charge in [-0.1, -0.05) is 35.5 Å². The Morgan fingerprint density at radius 1 is 1.17 bits per heavy atom. The zero-order valence-electron chi connectivity index (χ0n) is 12.5. The number of aromatic carboxylic acids is 1. The number of para-hydroxylation sites is 1. The van der Waals surface area contributed by atoms with Gasteiger partial charge in [0.25, 0.3) is 5.91 Å². The molecule has 0 radical (unpaired) electrons. The number of fused-ring (bicyclic) bond motifs is 1. The third-order valence-electron chi connectivity index (χ3n) is 3.30. The molecular weight excluding hydrogens is 310 g/mol. The van der Waals surface area contributed by atoms with Crippen LogP contribution in [0.3, 0.4) is 0 Å². The summed E-state index contributed by atoms with van der Waals surface area (Å²) in [5, 5.41) is 20.7. The molecule has 0 bridgehead atoms. The Kier molecular flexibility index (Phi) is 4.28. The molecule has 0 aliphatic rings. The fourth-order valence-corrected chi connectivity index (χ4v) is 2.18. The summed E-state index contributed by atoms with van der Waals surface area (Å²) in [4.78, 5) is 23.0. The van der Waals surface area contributed by atoms with Crippen molar-refractivity contribution in [3.63, 3.8) is 0 Å². The van der Waals surface area contributed by atoms with E-state index in [1.54, 1.807) is 24.3 Å². The molecular formula is C16H13N5O3. The van der Waals surface area contributed by atoms with E-state index in [-0.39, 0.29) is 12.1 Å². The number of hydrazone groups is 1. The molecule has 2 aromatic carbocycles. The first-order chi connectivity index (χ1) is 11.6. The molecule has 0 aliphatic heterocycles. The SMILES string of the molecule is O=C(Cn1nnc2ccccc21)N/N=C\c1ccccc1C(=O)O. The number of benzene rings is 2. The van der Waals surface area contributed by atoms with Gasteiger partial charge in [-0.25, -0.2) is 14.9 Å². The standard InChI is InChI=1S/C16H13N5O3/c22-15(10-21-14-8-4-3-7-13(14)18-20-21)19-17-9-11-5-1-2-6-12(11)16(23)24/h1-9H,10H2,(H,19,22)(H,23,24)/b17-9-. The lowest BCUT2D eigenvalue weighted by Crippen LogP contribution is -2.23. The van der Waals surface area contributed by atoms with E-state index in [1.807, 2.05) is 18.2 Å². The largest absolute Gasteiger partial charge is 0.478 e. The smallest absolute Gasteiger partial charge is 0.336 e. The molecule has 1 aromatic heterocycles. The van der Waals surface area contributed by atoms with Gasteiger partial charge in [-0.2, -0.15) is 5.10 Å². The molecule has 0 saturated heterocycles. The summed E-state index contributed by atoms with van der Waals surface area (Å²) in [5.74, 6) is -1.45. The maximum atomic E-state index is 11.9. The fraction of sp³-hybridized carbons (Fsp3) is 0.0625. The van der Waals surface area contributed by atoms with Crippen LogP contribution in [0.4, 0.5) is 0 Å². The van der Waals surface area contributed by atoms with Crippen LogP contribution in [0.5, 0.6) is 0 Å². The fourth-order valence-electron chi connectivity index (χ4n) is 2.18. The second-order valence-corrected chi connectivity index (χ2v) is 4.92. The zero-order valence-corrected chi connectivity index (χ0v) is 12.5. The highest BCUT2D eigenvalue weighted by atomic mass is 16.4. The van der Waals surface area contributed by atoms with Crippen LogP contribution in [0.2, 0.25) is 0 Å². The number of nitrogens with zero attached hydrogens (tertiary/aromatic N) is 4. The number of hydrogen-bond acceptors (Lipinski definition) is 5. The predicted molar refractivity (Wildman–Crippen MR) is 86.7 cm³/mol. The number of carboxylic acids is 1. The van der Waals surface area contributed by atoms with Gasteiger partial charge in [0, 0.05) is 5.56 Å². The van der Waals surface area contributed by atoms with Crippen molar-refractivity contribution >= 4 is 29.1 Å². The number of carboxylic acid groups (broad SMARTS) is 1. The minimum Gasteiger partial charge on any atom is -0.478 e. The third-order valence-corrected chi connectivity index (χ3v) is 3.30. The maximum absolute atomic E-state index is 11.9. The Morgan fingerprint density at radius 3 is 2.75 bits per heavy atom. The lowest BCUT2D eigenvalue weighted by Gasteiger charge is -2.02. The molecule has 3 aromatic rings. The topological polar surface area (TPSA) is 109 Å². The highest BCUT2D eigenvalue weighted by Gasteiger charge is 2.09. The molecule has 0 atom stereocenters. The van der Waals surface area contributed by atoms with Crippen molar-refractivity contribution in [1.29, 1.82) is 0 Å². The summed E-state index contributed by atoms with van der Waals surface area (Å²) in [6.07, 6.45) is 1.29. The van der Waals surface area contributed by atoms with Crippen molar-refractivity contribution in [1.82, 2.24) is 20.4 Å². The molecule has 0 aliphatic carbocycles. The van der Waals surface area contributed by atoms with Gasteiger partial charge in [-0.3, -0.25) is 4.79 Å². The van der Waals surface area contributed by atoms with Crippen molar-refractivity contribution in [3.8, 4) is 0 Å². The first-order valence-electron chi connectivity index (χ1n) is 7.07. The normalized spacial score (nSPS) is 11.0. The van der Waals surface area contributed by atoms with E-state index in [0.717, 1.165) is 5.52 Å². The van der Waals surface area contributed by atoms with Gasteiger partial charge in [0.2, 0.25) is 0 Å². The number of carbonyl (C=O) groups excluding carboxylic acids is 1. The van der Waals surface area contributed by atoms with E-state index in [9.17, 15) is 9.59 Å². The molecule has 24 heavy (non-hydrogen) atoms. The monoisotopic (exact) mass is 323 g/mol. The lowest BCUT2D eigenvalue weighted by molar-refractivity contribution is -0.121. The van der Waals surface area contributed by atoms with Crippen molar-refractivity contribution < 1.29 is 14.7 Å². The van der Waals surface area contributed by atoms with Crippen LogP contribution in [-0.4, -0.2) is 38.2 Å². The van der Waals surface area contributed by atoms with Crippen LogP contribution in [0, 0.1) is 0 Å². The quantitative estimate of drug-likeness (QED) is 0.543. The van der Waals surface area contributed by atoms with E-state index in [0.29, 0.717) is 11.1 Å². The summed E-state index contributed by atoms with van der Waals surface area (Å²) >= 11 is 0. The molecule has 8 nitrogen and oxygen atoms in total. The van der Waals surface area contributed by atoms with Crippen LogP contribution in [-0.2, 0) is 11.3 Å². The van der Waals surface area contributed by atoms with Crippen LogP contribution in [0.15, 0.2) is 53.6 Å². The average Bonchev–Trinajstić information content (AvgIpc) is 2.98. The van der Waals surface area contributed by atoms with Gasteiger partial charge in [0.1, 0.15) is 12.1 Å². The first kappa shape index (κ1) is 15.3. The van der Waals surface area contributed by atoms with Gasteiger partial charge >= 0.3 is 5.97 Å². The molecule has 2 N–H and O–H groups in total. The minimum absolute atomic E-state index is 0.0432. The maximum Gasteiger partial charge on any atom is 0.336 e. The Bertz CT molecular complexity index is 932. The molecule has 0 saturated carbocycles. The molecule has 0 fully saturated rings. The second-order valence-electron chi connectivity index (χ2n) is 4.92. The van der Waals surface area contributed by atoms with E-state index in [1.165, 1.54) is 17.0 Å². The van der Waals surface area contributed by atoms with Crippen LogP contribution in [0.1, 0.15) is 15.9 Å². The Hall–Kier alpha value is -3.55. The predicted octanol–water partition coefficient (Wildman–Crippen LogP) is 1.28. The van der Waals surface area contributed by atoms with Crippen LogP contribution >= 0.6 is 0 Å². The van der Waals surface area contributed by atoms with Gasteiger partial charge in [-0.15, -0.1) is 5.10 Å². The highest BCUT2D eigenvalue weighted by Crippen LogP contribution is 2.09. The van der Waals surface area contributed by atoms with E-state index in [2.05, 4.69) is 20.8 Å². The number of aromatic nitrogens is 3. The van der Waals surface area contributed by atoms with Gasteiger partial charge in [0.05, 0.1) is 17.3 Å². The Balaban J connectivity index is 1.67. The molecule has 1 amide bonds. The van der Waals surface area contributed by atoms with Gasteiger partial charge in [0.15, 0.2) is 0 Å². The van der Waals surface area contributed by atoms with Crippen molar-refractivity contribution in [2.24, 2.45) is 5.10 Å². The lowest BCUT2D eigenvalue weighted by atomic mass is 10.1. The summed E-state index contributed by atoms with van der Waals surface area (Å²) in [5.41, 5.74) is 4.30. The molecule has 0 spiro atoms. The number of amides is 1. The Labute approximate surface area is 136 Å². The van der Waals surface area contributed by atoms with Crippen molar-refractivity contribution in [2.75, 3.05) is 0 Å². The van der Waals surface area contributed by atoms with E-state index >= 15 is 0 Å². The first-order valence-corrected chi connectivity index (χ1v) is 7.07. The molecule has 8 heteroatoms. The number of carbonyl (C=O) groups is 2. The van der Waals surface area contributed by atoms with Crippen LogP contribution < -0.4 is 5.43 Å². The number of hydrogen-bond donors (Lipinski definition) is 2. The summed E-state index contributed by atoms with van der Waals surface area (Å²) in [7, 11) is 0. The molecule has 3 rings (SSSR count). The van der Waals surface area contributed by atoms with E-state index in [4.69, 9.17) is 5.11 Å². The summed E-state index contributed by atoms with van der Waals surface area (Å²) < 4.78 is 1.46. The molecule has 1 heterocycles. The van der Waals surface area contributed by atoms with Gasteiger partial charge in [-0.05, 0) is 18.2 Å². The highest BCUT2D eigenvalue weighted by molar-refractivity contribution is 5.98. The van der Waals surface area contributed by atoms with Gasteiger partial charge < -0.3 is 5.11 Å². The van der Waals surface area contributed by atoms with Crippen molar-refractivity contribution in [3.05, 3.63) is 59.7 Å². The average molecular weight is 323 g/mol. The summed E-state index contributed by atoms with van der Waals surface area (Å²) in [6.45, 7) is -0.0432. The minimum atomic E-state index is -1.06. The summed E-state index contributed by atoms with van der Waals surface area (Å²) in [6, 6.07) is 13.7. The second kappa shape index (κ2) is 6.69. The number of rotatable bonds is 5. The third kappa shape index (κ3) is 3.27. The van der Waals surface area contributed by atoms with Crippen molar-refractivity contribution in [2.45, 2.75) is 6.54 Å². The zero-order chi connectivity index (χ0) is 16.9. The van der Waals surface area contributed by atoms with E-state index < -0.39 is 11.9 Å². The molecule has 0 unspecified atom stereocenters. The Morgan fingerprint density at radius 2 is 1.92 bits per heavy atom.